The Kier molecular flexibility index (Phi) is 9.32. The number of nitrogens with zero attached hydrogens (tertiary/aromatic N) is 2. The van der Waals surface area contributed by atoms with Gasteiger partial charge in [0, 0.05) is 16.7 Å². The van der Waals surface area contributed by atoms with Crippen molar-refractivity contribution in [3.8, 4) is 5.75 Å². The van der Waals surface area contributed by atoms with Gasteiger partial charge in [0.15, 0.2) is 0 Å². The summed E-state index contributed by atoms with van der Waals surface area (Å²) in [7, 11) is -2.19. The van der Waals surface area contributed by atoms with Crippen molar-refractivity contribution in [2.45, 2.75) is 26.4 Å². The van der Waals surface area contributed by atoms with E-state index in [1.54, 1.807) is 63.4 Å². The third-order valence-corrected chi connectivity index (χ3v) is 6.66. The lowest BCUT2D eigenvalue weighted by Crippen LogP contribution is -2.51. The maximum absolute atomic E-state index is 13.4. The first kappa shape index (κ1) is 25.9. The number of anilines is 1. The highest BCUT2D eigenvalue weighted by Gasteiger charge is 2.29. The molecule has 10 heteroatoms. The highest BCUT2D eigenvalue weighted by molar-refractivity contribution is 14.1. The fraction of sp³-hybridized carbons (Fsp3) is 0.364. The van der Waals surface area contributed by atoms with Gasteiger partial charge in [0.2, 0.25) is 21.8 Å². The number of hydrogen-bond donors (Lipinski definition) is 1. The number of sulfonamides is 1. The zero-order valence-corrected chi connectivity index (χ0v) is 21.5. The van der Waals surface area contributed by atoms with E-state index in [0.29, 0.717) is 18.0 Å². The smallest absolute Gasteiger partial charge is 0.244 e. The Labute approximate surface area is 203 Å². The third-order valence-electron chi connectivity index (χ3n) is 4.80. The lowest BCUT2D eigenvalue weighted by Gasteiger charge is -2.31. The van der Waals surface area contributed by atoms with Gasteiger partial charge in [-0.3, -0.25) is 13.9 Å². The van der Waals surface area contributed by atoms with Gasteiger partial charge in [-0.05, 0) is 78.4 Å². The minimum Gasteiger partial charge on any atom is -0.497 e. The van der Waals surface area contributed by atoms with Crippen molar-refractivity contribution >= 4 is 50.1 Å². The monoisotopic (exact) mass is 573 g/mol. The van der Waals surface area contributed by atoms with E-state index in [1.807, 2.05) is 6.07 Å². The van der Waals surface area contributed by atoms with Crippen LogP contribution in [0.5, 0.6) is 5.75 Å². The standard InChI is InChI=1S/C22H28IN3O5S/c1-5-24-22(28)16(2)25(14-17-7-6-8-20(13-17)31-3)21(27)15-26(32(4,29)30)19-11-9-18(23)10-12-19/h6-13,16H,5,14-15H2,1-4H3,(H,24,28)/t16-/m1/s1. The quantitative estimate of drug-likeness (QED) is 0.441. The van der Waals surface area contributed by atoms with E-state index in [1.165, 1.54) is 4.90 Å². The summed E-state index contributed by atoms with van der Waals surface area (Å²) in [5.74, 6) is -0.184. The minimum atomic E-state index is -3.74. The van der Waals surface area contributed by atoms with Gasteiger partial charge in [-0.2, -0.15) is 0 Å². The Balaban J connectivity index is 2.38. The number of hydrogen-bond acceptors (Lipinski definition) is 5. The zero-order valence-electron chi connectivity index (χ0n) is 18.5. The first-order chi connectivity index (χ1) is 15.1. The second-order valence-corrected chi connectivity index (χ2v) is 10.3. The summed E-state index contributed by atoms with van der Waals surface area (Å²) in [4.78, 5) is 27.3. The molecule has 0 unspecified atom stereocenters. The number of likely N-dealkylation sites (N-methyl/N-ethyl adjacent to an activating group) is 1. The molecule has 0 spiro atoms. The average molecular weight is 573 g/mol. The lowest BCUT2D eigenvalue weighted by molar-refractivity contribution is -0.139. The number of ether oxygens (including phenoxy) is 1. The summed E-state index contributed by atoms with van der Waals surface area (Å²) < 4.78 is 32.2. The van der Waals surface area contributed by atoms with Crippen molar-refractivity contribution < 1.29 is 22.7 Å². The van der Waals surface area contributed by atoms with Crippen molar-refractivity contribution in [1.82, 2.24) is 10.2 Å². The average Bonchev–Trinajstić information content (AvgIpc) is 2.75. The van der Waals surface area contributed by atoms with E-state index >= 15 is 0 Å². The number of halogens is 1. The third kappa shape index (κ3) is 7.09. The van der Waals surface area contributed by atoms with Crippen LogP contribution in [-0.4, -0.2) is 57.6 Å². The van der Waals surface area contributed by atoms with Crippen LogP contribution in [0.25, 0.3) is 0 Å². The van der Waals surface area contributed by atoms with Crippen LogP contribution in [0.4, 0.5) is 5.69 Å². The number of carbonyl (C=O) groups is 2. The van der Waals surface area contributed by atoms with Crippen LogP contribution in [0.3, 0.4) is 0 Å². The van der Waals surface area contributed by atoms with Gasteiger partial charge in [0.05, 0.1) is 19.1 Å². The molecule has 0 aromatic heterocycles. The fourth-order valence-electron chi connectivity index (χ4n) is 3.09. The predicted molar refractivity (Wildman–Crippen MR) is 133 cm³/mol. The Morgan fingerprint density at radius 3 is 2.38 bits per heavy atom. The molecule has 0 aliphatic heterocycles. The number of amides is 2. The molecule has 0 aliphatic carbocycles. The molecule has 0 saturated carbocycles. The summed E-state index contributed by atoms with van der Waals surface area (Å²) in [5, 5.41) is 2.72. The summed E-state index contributed by atoms with van der Waals surface area (Å²) in [6, 6.07) is 13.2. The number of rotatable bonds is 10. The largest absolute Gasteiger partial charge is 0.497 e. The Morgan fingerprint density at radius 1 is 1.16 bits per heavy atom. The molecular weight excluding hydrogens is 545 g/mol. The minimum absolute atomic E-state index is 0.124. The van der Waals surface area contributed by atoms with Crippen LogP contribution in [0.2, 0.25) is 0 Å². The molecule has 0 aliphatic rings. The van der Waals surface area contributed by atoms with Crippen molar-refractivity contribution in [1.29, 1.82) is 0 Å². The van der Waals surface area contributed by atoms with Crippen molar-refractivity contribution in [3.05, 3.63) is 57.7 Å². The molecule has 32 heavy (non-hydrogen) atoms. The first-order valence-corrected chi connectivity index (χ1v) is 12.9. The van der Waals surface area contributed by atoms with Crippen LogP contribution in [0.15, 0.2) is 48.5 Å². The van der Waals surface area contributed by atoms with Crippen LogP contribution in [0, 0.1) is 3.57 Å². The van der Waals surface area contributed by atoms with E-state index in [-0.39, 0.29) is 12.5 Å². The molecular formula is C22H28IN3O5S. The van der Waals surface area contributed by atoms with Gasteiger partial charge in [-0.15, -0.1) is 0 Å². The maximum Gasteiger partial charge on any atom is 0.244 e. The molecule has 0 radical (unpaired) electrons. The molecule has 2 aromatic rings. The topological polar surface area (TPSA) is 96.0 Å². The maximum atomic E-state index is 13.4. The van der Waals surface area contributed by atoms with Crippen molar-refractivity contribution in [3.63, 3.8) is 0 Å². The molecule has 0 fully saturated rings. The number of carbonyl (C=O) groups excluding carboxylic acids is 2. The Bertz CT molecular complexity index is 1040. The lowest BCUT2D eigenvalue weighted by atomic mass is 10.1. The Hall–Kier alpha value is -2.34. The number of methoxy groups -OCH3 is 1. The summed E-state index contributed by atoms with van der Waals surface area (Å²) in [6.07, 6.45) is 1.05. The van der Waals surface area contributed by atoms with E-state index in [2.05, 4.69) is 27.9 Å². The fourth-order valence-corrected chi connectivity index (χ4v) is 4.30. The van der Waals surface area contributed by atoms with E-state index in [4.69, 9.17) is 4.74 Å². The molecule has 2 rings (SSSR count). The van der Waals surface area contributed by atoms with Gasteiger partial charge in [0.25, 0.3) is 0 Å². The van der Waals surface area contributed by atoms with Crippen molar-refractivity contribution in [2.24, 2.45) is 0 Å². The van der Waals surface area contributed by atoms with E-state index in [0.717, 1.165) is 19.7 Å². The SMILES string of the molecule is CCNC(=O)[C@@H](C)N(Cc1cccc(OC)c1)C(=O)CN(c1ccc(I)cc1)S(C)(=O)=O. The van der Waals surface area contributed by atoms with E-state index < -0.39 is 28.5 Å². The molecule has 174 valence electrons. The van der Waals surface area contributed by atoms with Gasteiger partial charge in [-0.1, -0.05) is 12.1 Å². The molecule has 0 bridgehead atoms. The number of nitrogens with one attached hydrogen (secondary N) is 1. The van der Waals surface area contributed by atoms with Crippen molar-refractivity contribution in [2.75, 3.05) is 30.8 Å². The molecule has 0 heterocycles. The van der Waals surface area contributed by atoms with Crippen LogP contribution in [-0.2, 0) is 26.2 Å². The Morgan fingerprint density at radius 2 is 1.81 bits per heavy atom. The van der Waals surface area contributed by atoms with Crippen LogP contribution >= 0.6 is 22.6 Å². The van der Waals surface area contributed by atoms with Crippen LogP contribution < -0.4 is 14.4 Å². The van der Waals surface area contributed by atoms with Gasteiger partial charge in [-0.25, -0.2) is 8.42 Å². The molecule has 1 N–H and O–H groups in total. The second-order valence-electron chi connectivity index (χ2n) is 7.19. The summed E-state index contributed by atoms with van der Waals surface area (Å²) in [6.45, 7) is 3.54. The highest BCUT2D eigenvalue weighted by Crippen LogP contribution is 2.21. The summed E-state index contributed by atoms with van der Waals surface area (Å²) >= 11 is 2.12. The molecule has 1 atom stereocenters. The molecule has 2 amide bonds. The number of benzene rings is 2. The first-order valence-electron chi connectivity index (χ1n) is 10.00. The highest BCUT2D eigenvalue weighted by atomic mass is 127. The van der Waals surface area contributed by atoms with Gasteiger partial charge < -0.3 is 15.0 Å². The van der Waals surface area contributed by atoms with Gasteiger partial charge >= 0.3 is 0 Å². The van der Waals surface area contributed by atoms with Crippen LogP contribution in [0.1, 0.15) is 19.4 Å². The molecule has 0 saturated heterocycles. The normalized spacial score (nSPS) is 12.0. The summed E-state index contributed by atoms with van der Waals surface area (Å²) in [5.41, 5.74) is 1.14. The van der Waals surface area contributed by atoms with Gasteiger partial charge in [0.1, 0.15) is 18.3 Å². The molecule has 8 nitrogen and oxygen atoms in total. The zero-order chi connectivity index (χ0) is 23.9. The predicted octanol–water partition coefficient (Wildman–Crippen LogP) is 2.62. The second kappa shape index (κ2) is 11.5. The molecule has 2 aromatic carbocycles. The van der Waals surface area contributed by atoms with E-state index in [9.17, 15) is 18.0 Å².